The minimum absolute atomic E-state index is 0.0244. The van der Waals surface area contributed by atoms with Gasteiger partial charge in [-0.15, -0.1) is 0 Å². The van der Waals surface area contributed by atoms with E-state index in [1.165, 1.54) is 12.1 Å². The van der Waals surface area contributed by atoms with Crippen LogP contribution >= 0.6 is 0 Å². The molecule has 2 rings (SSSR count). The highest BCUT2D eigenvalue weighted by molar-refractivity contribution is 5.91. The molecule has 0 saturated carbocycles. The first-order valence-electron chi connectivity index (χ1n) is 7.11. The monoisotopic (exact) mass is 328 g/mol. The van der Waals surface area contributed by atoms with Crippen LogP contribution in [0.2, 0.25) is 0 Å². The molecule has 6 nitrogen and oxygen atoms in total. The number of carbonyl (C=O) groups is 2. The van der Waals surface area contributed by atoms with Crippen molar-refractivity contribution in [2.45, 2.75) is 13.2 Å². The smallest absolute Gasteiger partial charge is 0.331 e. The lowest BCUT2D eigenvalue weighted by molar-refractivity contribution is -0.141. The molecule has 0 aromatic heterocycles. The molecule has 24 heavy (non-hydrogen) atoms. The third-order valence-electron chi connectivity index (χ3n) is 3.08. The third kappa shape index (κ3) is 5.17. The van der Waals surface area contributed by atoms with Gasteiger partial charge in [-0.25, -0.2) is 9.59 Å². The van der Waals surface area contributed by atoms with Gasteiger partial charge in [-0.2, -0.15) is 0 Å². The van der Waals surface area contributed by atoms with Crippen molar-refractivity contribution in [2.24, 2.45) is 0 Å². The number of rotatable bonds is 6. The summed E-state index contributed by atoms with van der Waals surface area (Å²) in [6.07, 6.45) is 1.88. The molecule has 0 heterocycles. The Labute approximate surface area is 138 Å². The quantitative estimate of drug-likeness (QED) is 0.625. The Balaban J connectivity index is 1.78. The predicted molar refractivity (Wildman–Crippen MR) is 84.9 cm³/mol. The Morgan fingerprint density at radius 1 is 0.750 bits per heavy atom. The van der Waals surface area contributed by atoms with Gasteiger partial charge < -0.3 is 19.7 Å². The van der Waals surface area contributed by atoms with E-state index in [4.69, 9.17) is 9.47 Å². The standard InChI is InChI=1S/C18H16O6/c19-15-7-3-1-5-13(15)11-23-17(21)9-10-18(22)24-12-14-6-2-4-8-16(14)20/h1-10,19-20H,11-12H2. The van der Waals surface area contributed by atoms with E-state index >= 15 is 0 Å². The molecule has 0 aliphatic carbocycles. The van der Waals surface area contributed by atoms with Gasteiger partial charge in [0.05, 0.1) is 0 Å². The number of ether oxygens (including phenoxy) is 2. The molecule has 0 unspecified atom stereocenters. The fourth-order valence-electron chi connectivity index (χ4n) is 1.80. The molecule has 0 spiro atoms. The second-order valence-electron chi connectivity index (χ2n) is 4.81. The van der Waals surface area contributed by atoms with Gasteiger partial charge in [0, 0.05) is 23.3 Å². The lowest BCUT2D eigenvalue weighted by Crippen LogP contribution is -2.05. The summed E-state index contributed by atoms with van der Waals surface area (Å²) >= 11 is 0. The Kier molecular flexibility index (Phi) is 5.96. The minimum Gasteiger partial charge on any atom is -0.508 e. The summed E-state index contributed by atoms with van der Waals surface area (Å²) in [5.41, 5.74) is 0.919. The third-order valence-corrected chi connectivity index (χ3v) is 3.08. The number of aromatic hydroxyl groups is 2. The zero-order chi connectivity index (χ0) is 17.4. The van der Waals surface area contributed by atoms with Crippen molar-refractivity contribution >= 4 is 11.9 Å². The lowest BCUT2D eigenvalue weighted by Gasteiger charge is -2.05. The highest BCUT2D eigenvalue weighted by Gasteiger charge is 2.06. The van der Waals surface area contributed by atoms with Crippen LogP contribution in [0.25, 0.3) is 0 Å². The number of benzene rings is 2. The molecule has 2 aromatic rings. The number of para-hydroxylation sites is 2. The molecule has 0 bridgehead atoms. The molecule has 0 fully saturated rings. The maximum Gasteiger partial charge on any atom is 0.331 e. The van der Waals surface area contributed by atoms with Gasteiger partial charge in [0.15, 0.2) is 0 Å². The summed E-state index contributed by atoms with van der Waals surface area (Å²) in [7, 11) is 0. The molecule has 2 aromatic carbocycles. The highest BCUT2D eigenvalue weighted by Crippen LogP contribution is 2.17. The van der Waals surface area contributed by atoms with Gasteiger partial charge in [0.2, 0.25) is 0 Å². The van der Waals surface area contributed by atoms with E-state index in [1.807, 2.05) is 0 Å². The first kappa shape index (κ1) is 17.1. The SMILES string of the molecule is O=C(C=CC(=O)OCc1ccccc1O)OCc1ccccc1O. The van der Waals surface area contributed by atoms with Crippen LogP contribution in [0.4, 0.5) is 0 Å². The molecule has 124 valence electrons. The summed E-state index contributed by atoms with van der Waals surface area (Å²) in [6, 6.07) is 12.9. The second kappa shape index (κ2) is 8.38. The van der Waals surface area contributed by atoms with Crippen LogP contribution < -0.4 is 0 Å². The van der Waals surface area contributed by atoms with E-state index in [1.54, 1.807) is 36.4 Å². The van der Waals surface area contributed by atoms with E-state index < -0.39 is 11.9 Å². The number of hydrogen-bond donors (Lipinski definition) is 2. The topological polar surface area (TPSA) is 93.1 Å². The first-order valence-corrected chi connectivity index (χ1v) is 7.11. The number of phenols is 2. The Morgan fingerprint density at radius 2 is 1.12 bits per heavy atom. The van der Waals surface area contributed by atoms with Crippen molar-refractivity contribution in [3.8, 4) is 11.5 Å². The average molecular weight is 328 g/mol. The van der Waals surface area contributed by atoms with Gasteiger partial charge in [0.1, 0.15) is 24.7 Å². The van der Waals surface area contributed by atoms with E-state index in [0.29, 0.717) is 11.1 Å². The summed E-state index contributed by atoms with van der Waals surface area (Å²) in [6.45, 7) is -0.217. The Bertz CT molecular complexity index is 687. The Morgan fingerprint density at radius 3 is 1.50 bits per heavy atom. The summed E-state index contributed by atoms with van der Waals surface area (Å²) in [4.78, 5) is 23.0. The van der Waals surface area contributed by atoms with Crippen LogP contribution in [0, 0.1) is 0 Å². The van der Waals surface area contributed by atoms with Crippen LogP contribution in [-0.2, 0) is 32.3 Å². The molecule has 0 radical (unpaired) electrons. The molecule has 0 aliphatic rings. The van der Waals surface area contributed by atoms with E-state index in [2.05, 4.69) is 0 Å². The molecule has 0 amide bonds. The van der Waals surface area contributed by atoms with Gasteiger partial charge >= 0.3 is 11.9 Å². The largest absolute Gasteiger partial charge is 0.508 e. The molecule has 0 atom stereocenters. The van der Waals surface area contributed by atoms with Gasteiger partial charge in [-0.1, -0.05) is 36.4 Å². The van der Waals surface area contributed by atoms with Crippen molar-refractivity contribution in [2.75, 3.05) is 0 Å². The first-order chi connectivity index (χ1) is 11.6. The van der Waals surface area contributed by atoms with E-state index in [9.17, 15) is 19.8 Å². The minimum atomic E-state index is -0.738. The van der Waals surface area contributed by atoms with Crippen LogP contribution in [0.5, 0.6) is 11.5 Å². The lowest BCUT2D eigenvalue weighted by atomic mass is 10.2. The number of carbonyl (C=O) groups excluding carboxylic acids is 2. The highest BCUT2D eigenvalue weighted by atomic mass is 16.5. The van der Waals surface area contributed by atoms with Crippen LogP contribution in [0.15, 0.2) is 60.7 Å². The zero-order valence-electron chi connectivity index (χ0n) is 12.7. The van der Waals surface area contributed by atoms with Crippen LogP contribution in [0.1, 0.15) is 11.1 Å². The van der Waals surface area contributed by atoms with Crippen LogP contribution in [0.3, 0.4) is 0 Å². The van der Waals surface area contributed by atoms with Crippen molar-refractivity contribution < 1.29 is 29.3 Å². The molecule has 2 N–H and O–H groups in total. The summed E-state index contributed by atoms with van der Waals surface area (Å²) < 4.78 is 9.82. The molecule has 6 heteroatoms. The molecule has 0 aliphatic heterocycles. The van der Waals surface area contributed by atoms with Crippen molar-refractivity contribution in [3.63, 3.8) is 0 Å². The number of phenolic OH excluding ortho intramolecular Hbond substituents is 2. The van der Waals surface area contributed by atoms with Crippen molar-refractivity contribution in [3.05, 3.63) is 71.8 Å². The van der Waals surface area contributed by atoms with Crippen molar-refractivity contribution in [1.82, 2.24) is 0 Å². The normalized spacial score (nSPS) is 10.5. The van der Waals surface area contributed by atoms with Crippen LogP contribution in [-0.4, -0.2) is 22.2 Å². The fourth-order valence-corrected chi connectivity index (χ4v) is 1.80. The maximum atomic E-state index is 11.5. The fraction of sp³-hybridized carbons (Fsp3) is 0.111. The summed E-state index contributed by atoms with van der Waals surface area (Å²) in [5, 5.41) is 19.1. The van der Waals surface area contributed by atoms with Gasteiger partial charge in [-0.05, 0) is 12.1 Å². The molecular formula is C18H16O6. The average Bonchev–Trinajstić information content (AvgIpc) is 2.58. The number of esters is 2. The predicted octanol–water partition coefficient (Wildman–Crippen LogP) is 2.44. The zero-order valence-corrected chi connectivity index (χ0v) is 12.7. The summed E-state index contributed by atoms with van der Waals surface area (Å²) in [5.74, 6) is -1.43. The second-order valence-corrected chi connectivity index (χ2v) is 4.81. The van der Waals surface area contributed by atoms with Gasteiger partial charge in [0.25, 0.3) is 0 Å². The Hall–Kier alpha value is -3.28. The van der Waals surface area contributed by atoms with Crippen molar-refractivity contribution in [1.29, 1.82) is 0 Å². The number of hydrogen-bond acceptors (Lipinski definition) is 6. The molecular weight excluding hydrogens is 312 g/mol. The van der Waals surface area contributed by atoms with E-state index in [-0.39, 0.29) is 24.7 Å². The van der Waals surface area contributed by atoms with Gasteiger partial charge in [-0.3, -0.25) is 0 Å². The molecule has 0 saturated heterocycles. The maximum absolute atomic E-state index is 11.5. The van der Waals surface area contributed by atoms with E-state index in [0.717, 1.165) is 12.2 Å².